The van der Waals surface area contributed by atoms with E-state index in [2.05, 4.69) is 10.2 Å². The van der Waals surface area contributed by atoms with E-state index in [1.165, 1.54) is 18.2 Å². The number of nitrogens with one attached hydrogen (secondary N) is 1. The summed E-state index contributed by atoms with van der Waals surface area (Å²) in [7, 11) is -4.77. The quantitative estimate of drug-likeness (QED) is 0.183. The van der Waals surface area contributed by atoms with Gasteiger partial charge in [-0.2, -0.15) is 13.6 Å². The summed E-state index contributed by atoms with van der Waals surface area (Å²) in [5.41, 5.74) is -0.280. The summed E-state index contributed by atoms with van der Waals surface area (Å²) in [6.45, 7) is 0. The van der Waals surface area contributed by atoms with Gasteiger partial charge in [0.15, 0.2) is 11.4 Å². The second kappa shape index (κ2) is 7.58. The fourth-order valence-corrected chi connectivity index (χ4v) is 3.95. The topological polar surface area (TPSA) is 167 Å². The third kappa shape index (κ3) is 3.79. The highest BCUT2D eigenvalue weighted by molar-refractivity contribution is 7.86. The highest BCUT2D eigenvalue weighted by Gasteiger charge is 2.21. The number of nitrogens with zero attached hydrogens (tertiary/aromatic N) is 2. The lowest BCUT2D eigenvalue weighted by molar-refractivity contribution is -0.991. The third-order valence-electron chi connectivity index (χ3n) is 4.71. The lowest BCUT2D eigenvalue weighted by Crippen LogP contribution is -2.99. The average Bonchev–Trinajstić information content (AvgIpc) is 2.73. The summed E-state index contributed by atoms with van der Waals surface area (Å²) in [6.07, 6.45) is 0. The number of aromatic hydroxyl groups is 2. The lowest BCUT2D eigenvalue weighted by atomic mass is 10.1. The van der Waals surface area contributed by atoms with E-state index in [-0.39, 0.29) is 33.6 Å². The molecule has 4 aromatic carbocycles. The molecule has 0 aliphatic rings. The van der Waals surface area contributed by atoms with E-state index >= 15 is 0 Å². The molecule has 0 aliphatic heterocycles. The number of azo groups is 1. The van der Waals surface area contributed by atoms with Gasteiger partial charge in [0.25, 0.3) is 10.1 Å². The molecule has 0 aromatic heterocycles. The summed E-state index contributed by atoms with van der Waals surface area (Å²) in [6, 6.07) is 14.6. The first-order valence-electron chi connectivity index (χ1n) is 8.80. The average molecular weight is 441 g/mol. The van der Waals surface area contributed by atoms with Gasteiger partial charge in [-0.15, -0.1) is 10.2 Å². The monoisotopic (exact) mass is 441 g/mol. The molecule has 0 heterocycles. The van der Waals surface area contributed by atoms with E-state index in [0.717, 1.165) is 17.5 Å². The first kappa shape index (κ1) is 20.7. The Hall–Kier alpha value is -3.61. The van der Waals surface area contributed by atoms with Crippen molar-refractivity contribution in [2.45, 2.75) is 4.90 Å². The maximum Gasteiger partial charge on any atom is 0.295 e. The van der Waals surface area contributed by atoms with Crippen molar-refractivity contribution in [2.24, 2.45) is 10.2 Å². The minimum atomic E-state index is -4.77. The van der Waals surface area contributed by atoms with Crippen LogP contribution in [0, 0.1) is 5.21 Å². The van der Waals surface area contributed by atoms with Gasteiger partial charge >= 0.3 is 0 Å². The van der Waals surface area contributed by atoms with Crippen molar-refractivity contribution in [3.63, 3.8) is 0 Å². The Bertz CT molecular complexity index is 1470. The zero-order chi connectivity index (χ0) is 22.3. The van der Waals surface area contributed by atoms with Crippen molar-refractivity contribution >= 4 is 48.7 Å². The van der Waals surface area contributed by atoms with Gasteiger partial charge in [-0.1, -0.05) is 30.3 Å². The largest absolute Gasteiger partial charge is 0.595 e. The molecule has 10 nitrogen and oxygen atoms in total. The molecule has 0 amide bonds. The molecular weight excluding hydrogens is 426 g/mol. The second-order valence-corrected chi connectivity index (χ2v) is 8.03. The van der Waals surface area contributed by atoms with Crippen molar-refractivity contribution in [2.75, 3.05) is 0 Å². The minimum Gasteiger partial charge on any atom is -0.595 e. The van der Waals surface area contributed by atoms with Gasteiger partial charge < -0.3 is 15.4 Å². The Morgan fingerprint density at radius 3 is 2.32 bits per heavy atom. The van der Waals surface area contributed by atoms with E-state index in [4.69, 9.17) is 0 Å². The zero-order valence-corrected chi connectivity index (χ0v) is 16.4. The Labute approximate surface area is 175 Å². The van der Waals surface area contributed by atoms with Crippen LogP contribution in [-0.4, -0.2) is 28.4 Å². The highest BCUT2D eigenvalue weighted by atomic mass is 32.2. The summed E-state index contributed by atoms with van der Waals surface area (Å²) >= 11 is 0. The summed E-state index contributed by atoms with van der Waals surface area (Å²) in [5.74, 6) is -0.736. The van der Waals surface area contributed by atoms with Gasteiger partial charge in [0.1, 0.15) is 22.0 Å². The lowest BCUT2D eigenvalue weighted by Gasteiger charge is -2.14. The van der Waals surface area contributed by atoms with Crippen molar-refractivity contribution < 1.29 is 33.6 Å². The number of hydrogen-bond acceptors (Lipinski definition) is 8. The Balaban J connectivity index is 1.92. The van der Waals surface area contributed by atoms with E-state index in [1.54, 1.807) is 18.2 Å². The highest BCUT2D eigenvalue weighted by Crippen LogP contribution is 2.42. The first-order chi connectivity index (χ1) is 14.7. The van der Waals surface area contributed by atoms with Gasteiger partial charge in [-0.3, -0.25) is 4.55 Å². The molecule has 0 spiro atoms. The van der Waals surface area contributed by atoms with Crippen molar-refractivity contribution in [3.8, 4) is 11.5 Å². The molecule has 31 heavy (non-hydrogen) atoms. The number of rotatable bonds is 4. The van der Waals surface area contributed by atoms with Gasteiger partial charge in [0.05, 0.1) is 0 Å². The van der Waals surface area contributed by atoms with Gasteiger partial charge in [0, 0.05) is 34.4 Å². The van der Waals surface area contributed by atoms with Crippen LogP contribution < -0.4 is 5.23 Å². The smallest absolute Gasteiger partial charge is 0.295 e. The normalized spacial score (nSPS) is 13.3. The maximum atomic E-state index is 11.7. The Kier molecular flexibility index (Phi) is 5.05. The van der Waals surface area contributed by atoms with Crippen molar-refractivity contribution in [1.82, 2.24) is 0 Å². The molecule has 0 radical (unpaired) electrons. The molecule has 158 valence electrons. The molecule has 0 aliphatic carbocycles. The molecular formula is C20H15N3O7S. The Morgan fingerprint density at radius 2 is 1.61 bits per heavy atom. The molecule has 0 bridgehead atoms. The third-order valence-corrected chi connectivity index (χ3v) is 5.61. The van der Waals surface area contributed by atoms with E-state index in [0.29, 0.717) is 5.39 Å². The first-order valence-corrected chi connectivity index (χ1v) is 10.2. The molecule has 0 saturated carbocycles. The van der Waals surface area contributed by atoms with Gasteiger partial charge in [-0.25, -0.2) is 5.21 Å². The number of phenols is 2. The summed E-state index contributed by atoms with van der Waals surface area (Å²) in [4.78, 5) is -0.671. The van der Waals surface area contributed by atoms with Crippen LogP contribution in [0.3, 0.4) is 0 Å². The molecule has 0 saturated heterocycles. The minimum absolute atomic E-state index is 0.0432. The number of benzene rings is 4. The number of quaternary nitrogens is 1. The van der Waals surface area contributed by atoms with E-state index in [9.17, 15) is 33.6 Å². The molecule has 1 unspecified atom stereocenters. The predicted molar refractivity (Wildman–Crippen MR) is 111 cm³/mol. The molecule has 0 fully saturated rings. The summed E-state index contributed by atoms with van der Waals surface area (Å²) in [5, 5.41) is 49.1. The standard InChI is InChI=1S/C20H15N3O7S/c24-17-10-18(31(28,29)30)15-9-12(23(26)27)6-7-14(15)19(17)22-21-16-8-5-11-3-1-2-4-13(11)20(16)25/h1-10,23-26H,(H,28,29,30). The number of hydrogen-bond donors (Lipinski definition) is 5. The van der Waals surface area contributed by atoms with E-state index in [1.807, 2.05) is 12.1 Å². The van der Waals surface area contributed by atoms with Gasteiger partial charge in [0.2, 0.25) is 0 Å². The Morgan fingerprint density at radius 1 is 0.871 bits per heavy atom. The molecule has 4 aromatic rings. The number of fused-ring (bicyclic) bond motifs is 2. The fraction of sp³-hybridized carbons (Fsp3) is 0. The van der Waals surface area contributed by atoms with Gasteiger partial charge in [-0.05, 0) is 17.5 Å². The number of phenolic OH excluding ortho intramolecular Hbond substituents is 2. The predicted octanol–water partition coefficient (Wildman–Crippen LogP) is 3.47. The van der Waals surface area contributed by atoms with Crippen LogP contribution in [0.5, 0.6) is 11.5 Å². The maximum absolute atomic E-state index is 11.7. The van der Waals surface area contributed by atoms with Crippen LogP contribution >= 0.6 is 0 Å². The SMILES string of the molecule is O=S(=O)(O)c1cc(O)c(N=Nc2ccc3ccccc3c2O)c2ccc([NH+]([O-])O)cc12. The molecule has 5 N–H and O–H groups in total. The molecule has 4 rings (SSSR count). The molecule has 11 heteroatoms. The fourth-order valence-electron chi connectivity index (χ4n) is 3.24. The van der Waals surface area contributed by atoms with Crippen LogP contribution in [0.2, 0.25) is 0 Å². The second-order valence-electron chi connectivity index (χ2n) is 6.64. The molecule has 1 atom stereocenters. The van der Waals surface area contributed by atoms with Crippen LogP contribution in [0.15, 0.2) is 75.8 Å². The van der Waals surface area contributed by atoms with Crippen LogP contribution in [0.4, 0.5) is 17.1 Å². The van der Waals surface area contributed by atoms with Crippen molar-refractivity contribution in [3.05, 3.63) is 65.9 Å². The van der Waals surface area contributed by atoms with E-state index < -0.39 is 26.0 Å². The summed E-state index contributed by atoms with van der Waals surface area (Å²) < 4.78 is 33.0. The van der Waals surface area contributed by atoms with Crippen LogP contribution in [0.1, 0.15) is 0 Å². The van der Waals surface area contributed by atoms with Crippen molar-refractivity contribution in [1.29, 1.82) is 0 Å². The van der Waals surface area contributed by atoms with Crippen LogP contribution in [0.25, 0.3) is 21.5 Å². The zero-order valence-electron chi connectivity index (χ0n) is 15.6. The van der Waals surface area contributed by atoms with Crippen LogP contribution in [-0.2, 0) is 10.1 Å².